The van der Waals surface area contributed by atoms with E-state index in [1.807, 2.05) is 7.05 Å². The first kappa shape index (κ1) is 11.9. The van der Waals surface area contributed by atoms with E-state index in [1.165, 1.54) is 12.8 Å². The van der Waals surface area contributed by atoms with Crippen LogP contribution in [0.3, 0.4) is 0 Å². The molecule has 1 heterocycles. The fourth-order valence-corrected chi connectivity index (χ4v) is 2.47. The highest BCUT2D eigenvalue weighted by Crippen LogP contribution is 2.26. The second-order valence-corrected chi connectivity index (χ2v) is 5.53. The number of aliphatic hydroxyl groups excluding tert-OH is 1. The van der Waals surface area contributed by atoms with Crippen molar-refractivity contribution in [1.29, 1.82) is 0 Å². The predicted molar refractivity (Wildman–Crippen MR) is 63.4 cm³/mol. The van der Waals surface area contributed by atoms with E-state index in [4.69, 9.17) is 0 Å². The summed E-state index contributed by atoms with van der Waals surface area (Å²) in [7, 11) is 1.87. The minimum Gasteiger partial charge on any atom is -0.394 e. The molecule has 1 unspecified atom stereocenters. The normalized spacial score (nSPS) is 19.7. The Morgan fingerprint density at radius 1 is 1.69 bits per heavy atom. The smallest absolute Gasteiger partial charge is 0.185 e. The molecule has 1 aliphatic carbocycles. The molecule has 1 atom stereocenters. The van der Waals surface area contributed by atoms with Crippen LogP contribution in [0.2, 0.25) is 0 Å². The molecule has 0 radical (unpaired) electrons. The highest BCUT2D eigenvalue weighted by Gasteiger charge is 2.32. The van der Waals surface area contributed by atoms with E-state index in [0.29, 0.717) is 6.04 Å². The lowest BCUT2D eigenvalue weighted by atomic mass is 10.1. The average Bonchev–Trinajstić information content (AvgIpc) is 2.97. The molecular formula is C10H18N4OS. The van der Waals surface area contributed by atoms with Crippen LogP contribution >= 0.6 is 11.8 Å². The van der Waals surface area contributed by atoms with Crippen molar-refractivity contribution in [2.45, 2.75) is 36.5 Å². The van der Waals surface area contributed by atoms with Gasteiger partial charge in [0, 0.05) is 24.4 Å². The highest BCUT2D eigenvalue weighted by molar-refractivity contribution is 7.99. The molecule has 2 rings (SSSR count). The quantitative estimate of drug-likeness (QED) is 0.708. The number of rotatable bonds is 6. The Kier molecular flexibility index (Phi) is 3.51. The van der Waals surface area contributed by atoms with Crippen LogP contribution in [-0.2, 0) is 7.05 Å². The zero-order chi connectivity index (χ0) is 11.6. The Balaban J connectivity index is 1.88. The van der Waals surface area contributed by atoms with Crippen molar-refractivity contribution in [1.82, 2.24) is 20.1 Å². The van der Waals surface area contributed by atoms with Gasteiger partial charge in [0.05, 0.1) is 6.61 Å². The number of hydrogen-bond donors (Lipinski definition) is 2. The number of thioether (sulfide) groups is 1. The summed E-state index contributed by atoms with van der Waals surface area (Å²) in [6, 6.07) is 0.595. The van der Waals surface area contributed by atoms with E-state index in [1.54, 1.807) is 22.8 Å². The van der Waals surface area contributed by atoms with Crippen molar-refractivity contribution in [2.24, 2.45) is 7.05 Å². The van der Waals surface area contributed by atoms with Gasteiger partial charge in [0.1, 0.15) is 6.33 Å². The molecule has 90 valence electrons. The lowest BCUT2D eigenvalue weighted by Gasteiger charge is -2.28. The maximum absolute atomic E-state index is 9.44. The molecule has 1 saturated carbocycles. The summed E-state index contributed by atoms with van der Waals surface area (Å²) in [5.41, 5.74) is -0.224. The van der Waals surface area contributed by atoms with Gasteiger partial charge in [-0.15, -0.1) is 0 Å². The molecule has 1 aromatic rings. The van der Waals surface area contributed by atoms with Gasteiger partial charge in [0.15, 0.2) is 5.16 Å². The Labute approximate surface area is 99.6 Å². The molecule has 1 aliphatic rings. The van der Waals surface area contributed by atoms with Gasteiger partial charge < -0.3 is 10.4 Å². The summed E-state index contributed by atoms with van der Waals surface area (Å²) in [4.78, 5) is 4.15. The van der Waals surface area contributed by atoms with Crippen molar-refractivity contribution < 1.29 is 5.11 Å². The van der Waals surface area contributed by atoms with E-state index < -0.39 is 0 Å². The van der Waals surface area contributed by atoms with E-state index in [0.717, 1.165) is 10.9 Å². The molecule has 2 N–H and O–H groups in total. The Morgan fingerprint density at radius 2 is 2.44 bits per heavy atom. The van der Waals surface area contributed by atoms with E-state index in [2.05, 4.69) is 22.3 Å². The third-order valence-corrected chi connectivity index (χ3v) is 4.08. The summed E-state index contributed by atoms with van der Waals surface area (Å²) in [5.74, 6) is 0.798. The topological polar surface area (TPSA) is 63.0 Å². The average molecular weight is 242 g/mol. The van der Waals surface area contributed by atoms with Crippen molar-refractivity contribution in [2.75, 3.05) is 12.4 Å². The van der Waals surface area contributed by atoms with Crippen LogP contribution in [0.5, 0.6) is 0 Å². The van der Waals surface area contributed by atoms with Gasteiger partial charge in [-0.05, 0) is 19.8 Å². The molecule has 1 fully saturated rings. The van der Waals surface area contributed by atoms with Gasteiger partial charge in [-0.25, -0.2) is 9.67 Å². The molecule has 0 aliphatic heterocycles. The summed E-state index contributed by atoms with van der Waals surface area (Å²) in [5, 5.41) is 17.8. The van der Waals surface area contributed by atoms with Crippen molar-refractivity contribution in [3.63, 3.8) is 0 Å². The standard InChI is InChI=1S/C10H18N4OS/c1-10(5-15,13-8-3-4-8)6-16-9-11-7-12-14(9)2/h7-8,13,15H,3-6H2,1-2H3. The fourth-order valence-electron chi connectivity index (χ4n) is 1.49. The van der Waals surface area contributed by atoms with Gasteiger partial charge >= 0.3 is 0 Å². The SMILES string of the molecule is Cn1ncnc1SCC(C)(CO)NC1CC1. The fraction of sp³-hybridized carbons (Fsp3) is 0.800. The minimum absolute atomic E-state index is 0.147. The van der Waals surface area contributed by atoms with Crippen LogP contribution in [0.15, 0.2) is 11.5 Å². The van der Waals surface area contributed by atoms with Gasteiger partial charge in [-0.1, -0.05) is 11.8 Å². The van der Waals surface area contributed by atoms with Crippen LogP contribution in [0, 0.1) is 0 Å². The Morgan fingerprint density at radius 3 is 2.94 bits per heavy atom. The predicted octanol–water partition coefficient (Wildman–Crippen LogP) is 0.410. The number of aromatic nitrogens is 3. The third-order valence-electron chi connectivity index (χ3n) is 2.67. The zero-order valence-corrected chi connectivity index (χ0v) is 10.5. The first-order chi connectivity index (χ1) is 7.63. The Hall–Kier alpha value is -0.590. The first-order valence-corrected chi connectivity index (χ1v) is 6.47. The van der Waals surface area contributed by atoms with Gasteiger partial charge in [-0.2, -0.15) is 5.10 Å². The van der Waals surface area contributed by atoms with Gasteiger partial charge in [-0.3, -0.25) is 0 Å². The summed E-state index contributed by atoms with van der Waals surface area (Å²) in [6.45, 7) is 2.20. The first-order valence-electron chi connectivity index (χ1n) is 5.48. The summed E-state index contributed by atoms with van der Waals surface area (Å²) >= 11 is 1.62. The molecule has 0 amide bonds. The summed E-state index contributed by atoms with van der Waals surface area (Å²) in [6.07, 6.45) is 4.00. The number of nitrogens with one attached hydrogen (secondary N) is 1. The molecule has 6 heteroatoms. The minimum atomic E-state index is -0.224. The van der Waals surface area contributed by atoms with Crippen LogP contribution in [0.4, 0.5) is 0 Å². The lowest BCUT2D eigenvalue weighted by molar-refractivity contribution is 0.190. The maximum Gasteiger partial charge on any atom is 0.185 e. The van der Waals surface area contributed by atoms with Crippen LogP contribution < -0.4 is 5.32 Å². The molecule has 1 aromatic heterocycles. The molecule has 0 saturated heterocycles. The van der Waals surface area contributed by atoms with Crippen molar-refractivity contribution >= 4 is 11.8 Å². The number of nitrogens with zero attached hydrogens (tertiary/aromatic N) is 3. The largest absolute Gasteiger partial charge is 0.394 e. The van der Waals surface area contributed by atoms with E-state index in [9.17, 15) is 5.11 Å². The van der Waals surface area contributed by atoms with E-state index in [-0.39, 0.29) is 12.1 Å². The number of aliphatic hydroxyl groups is 1. The molecule has 0 spiro atoms. The highest BCUT2D eigenvalue weighted by atomic mass is 32.2. The second-order valence-electron chi connectivity index (χ2n) is 4.59. The van der Waals surface area contributed by atoms with E-state index >= 15 is 0 Å². The Bertz CT molecular complexity index is 352. The number of aryl methyl sites for hydroxylation is 1. The molecule has 0 bridgehead atoms. The summed E-state index contributed by atoms with van der Waals surface area (Å²) < 4.78 is 1.75. The maximum atomic E-state index is 9.44. The second kappa shape index (κ2) is 4.73. The lowest BCUT2D eigenvalue weighted by Crippen LogP contribution is -2.49. The van der Waals surface area contributed by atoms with Crippen molar-refractivity contribution in [3.8, 4) is 0 Å². The molecular weight excluding hydrogens is 224 g/mol. The van der Waals surface area contributed by atoms with Crippen LogP contribution in [0.25, 0.3) is 0 Å². The van der Waals surface area contributed by atoms with Crippen LogP contribution in [0.1, 0.15) is 19.8 Å². The number of hydrogen-bond acceptors (Lipinski definition) is 5. The van der Waals surface area contributed by atoms with Gasteiger partial charge in [0.2, 0.25) is 0 Å². The molecule has 5 nitrogen and oxygen atoms in total. The molecule has 16 heavy (non-hydrogen) atoms. The van der Waals surface area contributed by atoms with Crippen LogP contribution in [-0.4, -0.2) is 43.8 Å². The zero-order valence-electron chi connectivity index (χ0n) is 9.68. The van der Waals surface area contributed by atoms with Gasteiger partial charge in [0.25, 0.3) is 0 Å². The monoisotopic (exact) mass is 242 g/mol. The molecule has 0 aromatic carbocycles. The third kappa shape index (κ3) is 2.96. The van der Waals surface area contributed by atoms with Crippen molar-refractivity contribution in [3.05, 3.63) is 6.33 Å².